The number of ether oxygens (including phenoxy) is 1. The summed E-state index contributed by atoms with van der Waals surface area (Å²) in [7, 11) is 0. The van der Waals surface area contributed by atoms with Crippen molar-refractivity contribution in [1.82, 2.24) is 0 Å². The average Bonchev–Trinajstić information content (AvgIpc) is 3.15. The Kier molecular flexibility index (Phi) is 6.69. The van der Waals surface area contributed by atoms with Crippen LogP contribution in [-0.4, -0.2) is 36.3 Å². The number of nitrogens with two attached hydrogens (primary N) is 1. The van der Waals surface area contributed by atoms with Crippen molar-refractivity contribution >= 4 is 35.1 Å². The molecule has 8 nitrogen and oxygen atoms in total. The number of nitrogens with zero attached hydrogens (tertiary/aromatic N) is 1. The van der Waals surface area contributed by atoms with E-state index in [1.54, 1.807) is 4.90 Å². The van der Waals surface area contributed by atoms with Crippen LogP contribution >= 0.6 is 0 Å². The van der Waals surface area contributed by atoms with Gasteiger partial charge in [0.15, 0.2) is 6.10 Å². The first-order valence-electron chi connectivity index (χ1n) is 10.1. The standard InChI is InChI=1S/C23H25N3O5/c1-3-15-4-10-19(11-5-15)26-13-17(12-20(26)27)23(30)31-14(2)22(29)25-18-8-6-16(7-9-18)21(24)28/h4-11,14,17H,3,12-13H2,1-2H3,(H2,24,28)(H,25,29)/t14-,17+/m1/s1. The van der Waals surface area contributed by atoms with Crippen molar-refractivity contribution in [2.24, 2.45) is 11.7 Å². The summed E-state index contributed by atoms with van der Waals surface area (Å²) in [6.45, 7) is 3.73. The minimum Gasteiger partial charge on any atom is -0.452 e. The molecule has 2 aromatic rings. The summed E-state index contributed by atoms with van der Waals surface area (Å²) in [5.74, 6) is -2.47. The molecule has 1 saturated heterocycles. The first-order chi connectivity index (χ1) is 14.8. The minimum atomic E-state index is -1.05. The molecule has 0 radical (unpaired) electrons. The fourth-order valence-corrected chi connectivity index (χ4v) is 3.31. The van der Waals surface area contributed by atoms with Crippen molar-refractivity contribution in [2.45, 2.75) is 32.8 Å². The van der Waals surface area contributed by atoms with E-state index in [1.165, 1.54) is 31.2 Å². The van der Waals surface area contributed by atoms with Gasteiger partial charge in [0.2, 0.25) is 11.8 Å². The Morgan fingerprint density at radius 1 is 1.13 bits per heavy atom. The number of hydrogen-bond acceptors (Lipinski definition) is 5. The molecule has 3 amide bonds. The van der Waals surface area contributed by atoms with E-state index in [4.69, 9.17) is 10.5 Å². The van der Waals surface area contributed by atoms with Crippen LogP contribution in [0.15, 0.2) is 48.5 Å². The van der Waals surface area contributed by atoms with E-state index < -0.39 is 29.8 Å². The summed E-state index contributed by atoms with van der Waals surface area (Å²) >= 11 is 0. The van der Waals surface area contributed by atoms with Gasteiger partial charge in [-0.2, -0.15) is 0 Å². The molecule has 0 unspecified atom stereocenters. The second-order valence-electron chi connectivity index (χ2n) is 7.44. The van der Waals surface area contributed by atoms with Crippen molar-refractivity contribution in [3.63, 3.8) is 0 Å². The van der Waals surface area contributed by atoms with E-state index in [-0.39, 0.29) is 18.9 Å². The Hall–Kier alpha value is -3.68. The van der Waals surface area contributed by atoms with Gasteiger partial charge in [-0.1, -0.05) is 19.1 Å². The fourth-order valence-electron chi connectivity index (χ4n) is 3.31. The number of carbonyl (C=O) groups excluding carboxylic acids is 4. The molecular weight excluding hydrogens is 398 g/mol. The molecule has 1 aliphatic heterocycles. The fraction of sp³-hybridized carbons (Fsp3) is 0.304. The molecule has 8 heteroatoms. The number of benzene rings is 2. The lowest BCUT2D eigenvalue weighted by molar-refractivity contribution is -0.157. The lowest BCUT2D eigenvalue weighted by atomic mass is 10.1. The SMILES string of the molecule is CCc1ccc(N2C[C@@H](C(=O)O[C@H](C)C(=O)Nc3ccc(C(N)=O)cc3)CC2=O)cc1. The molecule has 3 N–H and O–H groups in total. The number of hydrogen-bond donors (Lipinski definition) is 2. The summed E-state index contributed by atoms with van der Waals surface area (Å²) in [5.41, 5.74) is 7.84. The molecule has 1 heterocycles. The summed E-state index contributed by atoms with van der Waals surface area (Å²) in [6, 6.07) is 13.7. The molecule has 3 rings (SSSR count). The van der Waals surface area contributed by atoms with Crippen LogP contribution in [0.25, 0.3) is 0 Å². The highest BCUT2D eigenvalue weighted by Crippen LogP contribution is 2.26. The highest BCUT2D eigenvalue weighted by Gasteiger charge is 2.37. The third kappa shape index (κ3) is 5.28. The normalized spacial score (nSPS) is 16.6. The molecule has 0 aromatic heterocycles. The summed E-state index contributed by atoms with van der Waals surface area (Å²) < 4.78 is 5.30. The largest absolute Gasteiger partial charge is 0.452 e. The van der Waals surface area contributed by atoms with Gasteiger partial charge in [0, 0.05) is 29.9 Å². The van der Waals surface area contributed by atoms with Crippen molar-refractivity contribution in [2.75, 3.05) is 16.8 Å². The van der Waals surface area contributed by atoms with Gasteiger partial charge < -0.3 is 20.7 Å². The third-order valence-electron chi connectivity index (χ3n) is 5.21. The predicted octanol–water partition coefficient (Wildman–Crippen LogP) is 2.27. The zero-order chi connectivity index (χ0) is 22.5. The number of rotatable bonds is 7. The van der Waals surface area contributed by atoms with E-state index >= 15 is 0 Å². The number of amides is 3. The van der Waals surface area contributed by atoms with E-state index in [1.807, 2.05) is 24.3 Å². The van der Waals surface area contributed by atoms with Gasteiger partial charge in [-0.3, -0.25) is 19.2 Å². The second kappa shape index (κ2) is 9.42. The first-order valence-corrected chi connectivity index (χ1v) is 10.1. The zero-order valence-corrected chi connectivity index (χ0v) is 17.5. The Morgan fingerprint density at radius 3 is 2.35 bits per heavy atom. The Labute approximate surface area is 180 Å². The van der Waals surface area contributed by atoms with Gasteiger partial charge in [0.1, 0.15) is 0 Å². The van der Waals surface area contributed by atoms with Gasteiger partial charge in [-0.15, -0.1) is 0 Å². The maximum absolute atomic E-state index is 12.5. The Balaban J connectivity index is 1.55. The number of carbonyl (C=O) groups is 4. The first kappa shape index (κ1) is 22.0. The Bertz CT molecular complexity index is 985. The van der Waals surface area contributed by atoms with Gasteiger partial charge >= 0.3 is 5.97 Å². The highest BCUT2D eigenvalue weighted by atomic mass is 16.5. The van der Waals surface area contributed by atoms with Crippen LogP contribution in [0.1, 0.15) is 36.2 Å². The van der Waals surface area contributed by atoms with Crippen LogP contribution in [0.5, 0.6) is 0 Å². The Morgan fingerprint density at radius 2 is 1.77 bits per heavy atom. The van der Waals surface area contributed by atoms with Crippen LogP contribution in [0.2, 0.25) is 0 Å². The molecular formula is C23H25N3O5. The molecule has 0 aliphatic carbocycles. The van der Waals surface area contributed by atoms with E-state index in [0.717, 1.165) is 17.7 Å². The molecule has 0 spiro atoms. The quantitative estimate of drug-likeness (QED) is 0.662. The summed E-state index contributed by atoms with van der Waals surface area (Å²) in [6.07, 6.45) is -0.105. The molecule has 31 heavy (non-hydrogen) atoms. The average molecular weight is 423 g/mol. The maximum atomic E-state index is 12.5. The molecule has 2 atom stereocenters. The van der Waals surface area contributed by atoms with Crippen LogP contribution in [0.4, 0.5) is 11.4 Å². The molecule has 0 saturated carbocycles. The molecule has 0 bridgehead atoms. The van der Waals surface area contributed by atoms with Crippen molar-refractivity contribution < 1.29 is 23.9 Å². The van der Waals surface area contributed by atoms with Crippen LogP contribution in [0, 0.1) is 5.92 Å². The van der Waals surface area contributed by atoms with Crippen molar-refractivity contribution in [3.05, 3.63) is 59.7 Å². The third-order valence-corrected chi connectivity index (χ3v) is 5.21. The van der Waals surface area contributed by atoms with Crippen molar-refractivity contribution in [1.29, 1.82) is 0 Å². The smallest absolute Gasteiger partial charge is 0.312 e. The van der Waals surface area contributed by atoms with Gasteiger partial charge in [-0.05, 0) is 55.3 Å². The number of anilines is 2. The molecule has 1 aliphatic rings. The number of primary amides is 1. The van der Waals surface area contributed by atoms with Crippen molar-refractivity contribution in [3.8, 4) is 0 Å². The maximum Gasteiger partial charge on any atom is 0.312 e. The zero-order valence-electron chi connectivity index (χ0n) is 17.5. The predicted molar refractivity (Wildman–Crippen MR) is 115 cm³/mol. The summed E-state index contributed by atoms with van der Waals surface area (Å²) in [4.78, 5) is 49.9. The molecule has 162 valence electrons. The second-order valence-corrected chi connectivity index (χ2v) is 7.44. The molecule has 1 fully saturated rings. The molecule has 2 aromatic carbocycles. The number of aryl methyl sites for hydroxylation is 1. The van der Waals surface area contributed by atoms with E-state index in [2.05, 4.69) is 12.2 Å². The van der Waals surface area contributed by atoms with Crippen LogP contribution in [-0.2, 0) is 25.5 Å². The van der Waals surface area contributed by atoms with Gasteiger partial charge in [0.25, 0.3) is 5.91 Å². The topological polar surface area (TPSA) is 119 Å². The lowest BCUT2D eigenvalue weighted by Crippen LogP contribution is -2.33. The van der Waals surface area contributed by atoms with Gasteiger partial charge in [0.05, 0.1) is 5.92 Å². The van der Waals surface area contributed by atoms with E-state index in [0.29, 0.717) is 11.3 Å². The van der Waals surface area contributed by atoms with Crippen LogP contribution < -0.4 is 16.0 Å². The summed E-state index contributed by atoms with van der Waals surface area (Å²) in [5, 5.41) is 2.61. The minimum absolute atomic E-state index is 0.0390. The monoisotopic (exact) mass is 423 g/mol. The highest BCUT2D eigenvalue weighted by molar-refractivity contribution is 6.00. The van der Waals surface area contributed by atoms with Crippen LogP contribution in [0.3, 0.4) is 0 Å². The lowest BCUT2D eigenvalue weighted by Gasteiger charge is -2.18. The van der Waals surface area contributed by atoms with Gasteiger partial charge in [-0.25, -0.2) is 0 Å². The number of nitrogens with one attached hydrogen (secondary N) is 1. The van der Waals surface area contributed by atoms with E-state index in [9.17, 15) is 19.2 Å². The number of esters is 1.